The maximum absolute atomic E-state index is 6.84. The number of anilines is 1. The van der Waals surface area contributed by atoms with Gasteiger partial charge in [0.2, 0.25) is 0 Å². The first kappa shape index (κ1) is 21.0. The lowest BCUT2D eigenvalue weighted by atomic mass is 10.0. The molecule has 182 valence electrons. The van der Waals surface area contributed by atoms with Crippen molar-refractivity contribution in [1.82, 2.24) is 34.9 Å². The third-order valence-electron chi connectivity index (χ3n) is 8.29. The molecule has 2 saturated carbocycles. The first-order valence-electron chi connectivity index (χ1n) is 12.3. The predicted molar refractivity (Wildman–Crippen MR) is 140 cm³/mol. The quantitative estimate of drug-likeness (QED) is 0.361. The van der Waals surface area contributed by atoms with Gasteiger partial charge in [0.05, 0.1) is 22.8 Å². The monoisotopic (exact) mass is 517 g/mol. The fourth-order valence-electron chi connectivity index (χ4n) is 6.12. The Kier molecular flexibility index (Phi) is 4.23. The molecule has 4 aromatic heterocycles. The van der Waals surface area contributed by atoms with Crippen LogP contribution in [0.4, 0.5) is 5.82 Å². The van der Waals surface area contributed by atoms with E-state index in [1.165, 1.54) is 17.8 Å². The van der Waals surface area contributed by atoms with Gasteiger partial charge in [-0.05, 0) is 43.7 Å². The number of nitrogens with zero attached hydrogens (tertiary/aromatic N) is 7. The number of aromatic nitrogens is 7. The number of thiazole rings is 1. The van der Waals surface area contributed by atoms with E-state index in [9.17, 15) is 0 Å². The van der Waals surface area contributed by atoms with Crippen molar-refractivity contribution in [2.75, 3.05) is 24.5 Å². The maximum atomic E-state index is 6.84. The van der Waals surface area contributed by atoms with Crippen LogP contribution in [-0.2, 0) is 5.41 Å². The van der Waals surface area contributed by atoms with Gasteiger partial charge in [0, 0.05) is 53.3 Å². The van der Waals surface area contributed by atoms with Crippen molar-refractivity contribution in [3.8, 4) is 11.3 Å². The Morgan fingerprint density at radius 2 is 2.06 bits per heavy atom. The van der Waals surface area contributed by atoms with Gasteiger partial charge in [-0.1, -0.05) is 11.6 Å². The van der Waals surface area contributed by atoms with Gasteiger partial charge in [0.1, 0.15) is 22.0 Å². The number of halogens is 1. The fraction of sp³-hybridized carbons (Fsp3) is 0.400. The van der Waals surface area contributed by atoms with Crippen LogP contribution in [0.2, 0.25) is 5.02 Å². The average molecular weight is 518 g/mol. The lowest BCUT2D eigenvalue weighted by Crippen LogP contribution is -2.35. The number of hydrogen-bond acceptors (Lipinski definition) is 8. The van der Waals surface area contributed by atoms with E-state index < -0.39 is 0 Å². The Balaban J connectivity index is 1.09. The lowest BCUT2D eigenvalue weighted by molar-refractivity contribution is 0.549. The Morgan fingerprint density at radius 3 is 2.78 bits per heavy atom. The first-order valence-corrected chi connectivity index (χ1v) is 13.6. The van der Waals surface area contributed by atoms with Gasteiger partial charge < -0.3 is 10.6 Å². The molecule has 0 bridgehead atoms. The standard InChI is InChI=1S/C25H24ClN9S/c1-12-10-36-24(29-12)25(11-27)16-8-34(9-17(16)25)19-6-28-22-21(31-32-23(22)30-19)14-4-5-18-15(20(14)26)7-35(33-18)13-2-3-13/h4-7,10,13,16-17H,2-3,8-9,11,27H2,1H3,(H,30,31,32)/t16-,17+,25-. The van der Waals surface area contributed by atoms with Crippen molar-refractivity contribution >= 4 is 50.8 Å². The smallest absolute Gasteiger partial charge is 0.177 e. The molecular weight excluding hydrogens is 494 g/mol. The lowest BCUT2D eigenvalue weighted by Gasteiger charge is -2.25. The van der Waals surface area contributed by atoms with E-state index in [4.69, 9.17) is 32.3 Å². The molecule has 5 heterocycles. The minimum absolute atomic E-state index is 0.0246. The summed E-state index contributed by atoms with van der Waals surface area (Å²) >= 11 is 8.58. The summed E-state index contributed by atoms with van der Waals surface area (Å²) in [6, 6.07) is 4.48. The zero-order valence-electron chi connectivity index (χ0n) is 19.6. The van der Waals surface area contributed by atoms with Crippen molar-refractivity contribution in [3.05, 3.63) is 45.6 Å². The highest BCUT2D eigenvalue weighted by atomic mass is 35.5. The van der Waals surface area contributed by atoms with Crippen LogP contribution >= 0.6 is 22.9 Å². The van der Waals surface area contributed by atoms with Crippen molar-refractivity contribution in [2.24, 2.45) is 17.6 Å². The number of nitrogens with one attached hydrogen (secondary N) is 1. The second-order valence-electron chi connectivity index (χ2n) is 10.4. The molecule has 5 aromatic rings. The van der Waals surface area contributed by atoms with E-state index in [0.29, 0.717) is 46.3 Å². The molecule has 8 rings (SSSR count). The van der Waals surface area contributed by atoms with Crippen molar-refractivity contribution in [3.63, 3.8) is 0 Å². The van der Waals surface area contributed by atoms with E-state index in [1.807, 2.05) is 36.1 Å². The summed E-state index contributed by atoms with van der Waals surface area (Å²) < 4.78 is 2.03. The van der Waals surface area contributed by atoms with Crippen LogP contribution in [0.25, 0.3) is 33.3 Å². The third-order valence-corrected chi connectivity index (χ3v) is 9.85. The molecule has 0 radical (unpaired) electrons. The normalized spacial score (nSPS) is 25.2. The summed E-state index contributed by atoms with van der Waals surface area (Å²) in [5.74, 6) is 1.87. The third kappa shape index (κ3) is 2.83. The maximum Gasteiger partial charge on any atom is 0.177 e. The SMILES string of the molecule is Cc1csc([C@]2(CN)[C@@H]3CN(c4cnc5c(-c6ccc7nn(C8CC8)cc7c6Cl)n[nH]c5n4)C[C@@H]32)n1. The summed E-state index contributed by atoms with van der Waals surface area (Å²) in [4.78, 5) is 16.7. The molecule has 0 amide bonds. The number of aryl methyl sites for hydroxylation is 1. The van der Waals surface area contributed by atoms with Crippen LogP contribution in [0.1, 0.15) is 29.6 Å². The molecular formula is C25H24ClN9S. The van der Waals surface area contributed by atoms with Crippen molar-refractivity contribution in [1.29, 1.82) is 0 Å². The number of piperidine rings is 1. The highest BCUT2D eigenvalue weighted by Gasteiger charge is 2.69. The van der Waals surface area contributed by atoms with Gasteiger partial charge in [-0.3, -0.25) is 9.78 Å². The number of nitrogens with two attached hydrogens (primary N) is 1. The molecule has 3 atom stereocenters. The molecule has 3 fully saturated rings. The molecule has 0 unspecified atom stereocenters. The first-order chi connectivity index (χ1) is 17.6. The molecule has 1 saturated heterocycles. The van der Waals surface area contributed by atoms with Gasteiger partial charge in [-0.25, -0.2) is 15.0 Å². The van der Waals surface area contributed by atoms with Crippen LogP contribution in [0.3, 0.4) is 0 Å². The number of H-pyrrole nitrogens is 1. The Labute approximate surface area is 215 Å². The molecule has 9 nitrogen and oxygen atoms in total. The van der Waals surface area contributed by atoms with Gasteiger partial charge in [-0.15, -0.1) is 11.3 Å². The van der Waals surface area contributed by atoms with E-state index >= 15 is 0 Å². The van der Waals surface area contributed by atoms with Crippen LogP contribution in [0.15, 0.2) is 29.9 Å². The number of rotatable bonds is 5. The fourth-order valence-corrected chi connectivity index (χ4v) is 7.55. The van der Waals surface area contributed by atoms with Crippen LogP contribution in [0, 0.1) is 18.8 Å². The zero-order valence-corrected chi connectivity index (χ0v) is 21.2. The molecule has 1 aromatic carbocycles. The average Bonchev–Trinajstić information content (AvgIpc) is 3.46. The second kappa shape index (κ2) is 7.24. The molecule has 1 aliphatic heterocycles. The van der Waals surface area contributed by atoms with Crippen LogP contribution < -0.4 is 10.6 Å². The van der Waals surface area contributed by atoms with E-state index in [0.717, 1.165) is 41.1 Å². The second-order valence-corrected chi connectivity index (χ2v) is 11.6. The van der Waals surface area contributed by atoms with Gasteiger partial charge in [0.25, 0.3) is 0 Å². The number of aromatic amines is 1. The Bertz CT molecular complexity index is 1650. The van der Waals surface area contributed by atoms with E-state index in [1.54, 1.807) is 11.3 Å². The van der Waals surface area contributed by atoms with Crippen molar-refractivity contribution in [2.45, 2.75) is 31.2 Å². The van der Waals surface area contributed by atoms with Crippen LogP contribution in [0.5, 0.6) is 0 Å². The molecule has 0 spiro atoms. The number of benzene rings is 1. The molecule has 11 heteroatoms. The minimum Gasteiger partial charge on any atom is -0.355 e. The van der Waals surface area contributed by atoms with E-state index in [-0.39, 0.29) is 5.41 Å². The number of hydrogen-bond donors (Lipinski definition) is 2. The highest BCUT2D eigenvalue weighted by Crippen LogP contribution is 2.63. The van der Waals surface area contributed by atoms with Gasteiger partial charge >= 0.3 is 0 Å². The van der Waals surface area contributed by atoms with Crippen LogP contribution in [-0.4, -0.2) is 54.6 Å². The Hall–Kier alpha value is -3.08. The molecule has 3 aliphatic rings. The van der Waals surface area contributed by atoms with E-state index in [2.05, 4.69) is 25.6 Å². The predicted octanol–water partition coefficient (Wildman–Crippen LogP) is 4.09. The highest BCUT2D eigenvalue weighted by molar-refractivity contribution is 7.09. The van der Waals surface area contributed by atoms with Crippen molar-refractivity contribution < 1.29 is 0 Å². The largest absolute Gasteiger partial charge is 0.355 e. The Morgan fingerprint density at radius 1 is 1.22 bits per heavy atom. The number of fused-ring (bicyclic) bond motifs is 3. The molecule has 3 N–H and O–H groups in total. The minimum atomic E-state index is 0.0246. The zero-order chi connectivity index (χ0) is 24.2. The summed E-state index contributed by atoms with van der Waals surface area (Å²) in [6.07, 6.45) is 6.25. The molecule has 36 heavy (non-hydrogen) atoms. The van der Waals surface area contributed by atoms with Gasteiger partial charge in [-0.2, -0.15) is 10.2 Å². The summed E-state index contributed by atoms with van der Waals surface area (Å²) in [5, 5.41) is 17.2. The molecule has 2 aliphatic carbocycles. The summed E-state index contributed by atoms with van der Waals surface area (Å²) in [7, 11) is 0. The topological polar surface area (TPSA) is 114 Å². The van der Waals surface area contributed by atoms with Gasteiger partial charge in [0.15, 0.2) is 5.65 Å². The summed E-state index contributed by atoms with van der Waals surface area (Å²) in [5.41, 5.74) is 11.2. The summed E-state index contributed by atoms with van der Waals surface area (Å²) in [6.45, 7) is 4.51.